The lowest BCUT2D eigenvalue weighted by Crippen LogP contribution is -2.54. The monoisotopic (exact) mass is 254 g/mol. The molecule has 2 rings (SSSR count). The van der Waals surface area contributed by atoms with Crippen LogP contribution in [0.15, 0.2) is 0 Å². The van der Waals surface area contributed by atoms with Gasteiger partial charge in [-0.25, -0.2) is 0 Å². The van der Waals surface area contributed by atoms with E-state index in [1.165, 1.54) is 0 Å². The molecular formula is C13H22N2O3. The van der Waals surface area contributed by atoms with Crippen LogP contribution in [0.3, 0.4) is 0 Å². The van der Waals surface area contributed by atoms with E-state index in [1.807, 2.05) is 4.90 Å². The molecule has 2 amide bonds. The van der Waals surface area contributed by atoms with Crippen molar-refractivity contribution in [3.05, 3.63) is 0 Å². The maximum Gasteiger partial charge on any atom is 0.248 e. The van der Waals surface area contributed by atoms with Crippen LogP contribution in [0.1, 0.15) is 39.5 Å². The maximum atomic E-state index is 12.5. The zero-order valence-corrected chi connectivity index (χ0v) is 11.4. The van der Waals surface area contributed by atoms with Gasteiger partial charge in [0.25, 0.3) is 0 Å². The van der Waals surface area contributed by atoms with Crippen molar-refractivity contribution in [3.63, 3.8) is 0 Å². The highest BCUT2D eigenvalue weighted by Gasteiger charge is 2.41. The van der Waals surface area contributed by atoms with Crippen LogP contribution in [0, 0.1) is 0 Å². The summed E-state index contributed by atoms with van der Waals surface area (Å²) in [5.74, 6) is -0.0211. The lowest BCUT2D eigenvalue weighted by molar-refractivity contribution is -0.139. The van der Waals surface area contributed by atoms with Crippen molar-refractivity contribution in [3.8, 4) is 0 Å². The molecule has 102 valence electrons. The molecule has 0 aromatic rings. The Kier molecular flexibility index (Phi) is 3.61. The molecule has 2 aliphatic rings. The summed E-state index contributed by atoms with van der Waals surface area (Å²) < 4.78 is 5.35. The van der Waals surface area contributed by atoms with Gasteiger partial charge in [-0.2, -0.15) is 0 Å². The summed E-state index contributed by atoms with van der Waals surface area (Å²) in [6, 6.07) is 0.217. The summed E-state index contributed by atoms with van der Waals surface area (Å²) in [4.78, 5) is 25.9. The summed E-state index contributed by atoms with van der Waals surface area (Å²) in [5.41, 5.74) is -0.793. The van der Waals surface area contributed by atoms with E-state index < -0.39 is 5.54 Å². The molecular weight excluding hydrogens is 232 g/mol. The Bertz CT molecular complexity index is 354. The fourth-order valence-electron chi connectivity index (χ4n) is 2.91. The van der Waals surface area contributed by atoms with Gasteiger partial charge in [-0.05, 0) is 33.1 Å². The van der Waals surface area contributed by atoms with E-state index in [-0.39, 0.29) is 24.0 Å². The molecule has 2 fully saturated rings. The fraction of sp³-hybridized carbons (Fsp3) is 0.846. The quantitative estimate of drug-likeness (QED) is 0.788. The van der Waals surface area contributed by atoms with Gasteiger partial charge in [0.1, 0.15) is 5.54 Å². The van der Waals surface area contributed by atoms with Crippen molar-refractivity contribution in [2.45, 2.75) is 57.2 Å². The van der Waals surface area contributed by atoms with Crippen LogP contribution in [0.2, 0.25) is 0 Å². The molecule has 1 heterocycles. The first-order valence-electron chi connectivity index (χ1n) is 6.59. The third-order valence-electron chi connectivity index (χ3n) is 3.96. The van der Waals surface area contributed by atoms with E-state index in [2.05, 4.69) is 5.32 Å². The highest BCUT2D eigenvalue weighted by atomic mass is 16.5. The lowest BCUT2D eigenvalue weighted by Gasteiger charge is -2.33. The fourth-order valence-corrected chi connectivity index (χ4v) is 2.91. The first kappa shape index (κ1) is 13.3. The van der Waals surface area contributed by atoms with E-state index >= 15 is 0 Å². The number of carbonyl (C=O) groups is 2. The van der Waals surface area contributed by atoms with Crippen molar-refractivity contribution >= 4 is 11.8 Å². The Hall–Kier alpha value is -1.10. The number of amides is 2. The van der Waals surface area contributed by atoms with Gasteiger partial charge in [-0.15, -0.1) is 0 Å². The van der Waals surface area contributed by atoms with Gasteiger partial charge < -0.3 is 15.0 Å². The predicted octanol–water partition coefficient (Wildman–Crippen LogP) is 0.681. The normalized spacial score (nSPS) is 32.3. The molecule has 0 radical (unpaired) electrons. The van der Waals surface area contributed by atoms with Crippen molar-refractivity contribution < 1.29 is 14.3 Å². The van der Waals surface area contributed by atoms with E-state index in [0.717, 1.165) is 19.3 Å². The third kappa shape index (κ3) is 2.51. The molecule has 0 bridgehead atoms. The topological polar surface area (TPSA) is 58.6 Å². The van der Waals surface area contributed by atoms with Crippen molar-refractivity contribution in [1.82, 2.24) is 10.2 Å². The molecule has 1 N–H and O–H groups in total. The highest BCUT2D eigenvalue weighted by molar-refractivity contribution is 5.93. The molecule has 1 aliphatic carbocycles. The van der Waals surface area contributed by atoms with Crippen LogP contribution < -0.4 is 5.32 Å². The van der Waals surface area contributed by atoms with Gasteiger partial charge in [0.2, 0.25) is 11.8 Å². The van der Waals surface area contributed by atoms with Crippen molar-refractivity contribution in [2.24, 2.45) is 0 Å². The van der Waals surface area contributed by atoms with Gasteiger partial charge in [0, 0.05) is 26.1 Å². The largest absolute Gasteiger partial charge is 0.381 e. The van der Waals surface area contributed by atoms with Crippen LogP contribution in [-0.4, -0.2) is 48.1 Å². The second-order valence-corrected chi connectivity index (χ2v) is 5.75. The molecule has 2 atom stereocenters. The van der Waals surface area contributed by atoms with E-state index in [4.69, 9.17) is 4.74 Å². The minimum Gasteiger partial charge on any atom is -0.381 e. The maximum absolute atomic E-state index is 12.5. The second-order valence-electron chi connectivity index (χ2n) is 5.75. The number of ether oxygens (including phenoxy) is 1. The molecule has 0 aromatic carbocycles. The Balaban J connectivity index is 2.12. The summed E-state index contributed by atoms with van der Waals surface area (Å²) in [6.45, 7) is 4.07. The van der Waals surface area contributed by atoms with E-state index in [1.54, 1.807) is 21.0 Å². The Morgan fingerprint density at radius 1 is 1.33 bits per heavy atom. The Morgan fingerprint density at radius 2 is 2.06 bits per heavy atom. The number of nitrogens with zero attached hydrogens (tertiary/aromatic N) is 1. The number of methoxy groups -OCH3 is 1. The molecule has 1 saturated heterocycles. The van der Waals surface area contributed by atoms with Gasteiger partial charge in [0.05, 0.1) is 6.10 Å². The molecule has 0 spiro atoms. The third-order valence-corrected chi connectivity index (χ3v) is 3.96. The van der Waals surface area contributed by atoms with E-state index in [9.17, 15) is 9.59 Å². The number of hydrogen-bond acceptors (Lipinski definition) is 3. The average molecular weight is 254 g/mol. The van der Waals surface area contributed by atoms with Gasteiger partial charge >= 0.3 is 0 Å². The van der Waals surface area contributed by atoms with Crippen molar-refractivity contribution in [1.29, 1.82) is 0 Å². The molecule has 1 aliphatic heterocycles. The van der Waals surface area contributed by atoms with E-state index in [0.29, 0.717) is 13.0 Å². The zero-order chi connectivity index (χ0) is 13.3. The number of nitrogens with one attached hydrogen (secondary N) is 1. The van der Waals surface area contributed by atoms with Crippen LogP contribution in [0.5, 0.6) is 0 Å². The minimum absolute atomic E-state index is 0.0232. The molecule has 1 saturated carbocycles. The molecule has 2 unspecified atom stereocenters. The number of hydrogen-bond donors (Lipinski definition) is 1. The summed E-state index contributed by atoms with van der Waals surface area (Å²) in [7, 11) is 1.71. The Morgan fingerprint density at radius 3 is 2.67 bits per heavy atom. The zero-order valence-electron chi connectivity index (χ0n) is 11.4. The number of rotatable bonds is 2. The van der Waals surface area contributed by atoms with Crippen LogP contribution in [0.4, 0.5) is 0 Å². The summed E-state index contributed by atoms with van der Waals surface area (Å²) >= 11 is 0. The highest BCUT2D eigenvalue weighted by Crippen LogP contribution is 2.28. The molecule has 18 heavy (non-hydrogen) atoms. The van der Waals surface area contributed by atoms with Crippen LogP contribution >= 0.6 is 0 Å². The van der Waals surface area contributed by atoms with Crippen LogP contribution in [0.25, 0.3) is 0 Å². The Labute approximate surface area is 108 Å². The number of carbonyl (C=O) groups excluding carboxylic acids is 2. The second kappa shape index (κ2) is 4.88. The van der Waals surface area contributed by atoms with Gasteiger partial charge in [0.15, 0.2) is 0 Å². The minimum atomic E-state index is -0.793. The SMILES string of the molecule is COC1CCC(N2CCC(=O)NC(C)(C)C2=O)C1. The summed E-state index contributed by atoms with van der Waals surface area (Å²) in [5, 5.41) is 2.79. The summed E-state index contributed by atoms with van der Waals surface area (Å²) in [6.07, 6.45) is 3.48. The van der Waals surface area contributed by atoms with Crippen molar-refractivity contribution in [2.75, 3.05) is 13.7 Å². The molecule has 5 nitrogen and oxygen atoms in total. The molecule has 0 aromatic heterocycles. The first-order chi connectivity index (χ1) is 8.44. The van der Waals surface area contributed by atoms with Gasteiger partial charge in [-0.3, -0.25) is 9.59 Å². The average Bonchev–Trinajstić information content (AvgIpc) is 2.73. The molecule has 5 heteroatoms. The lowest BCUT2D eigenvalue weighted by atomic mass is 10.0. The first-order valence-corrected chi connectivity index (χ1v) is 6.59. The van der Waals surface area contributed by atoms with Gasteiger partial charge in [-0.1, -0.05) is 0 Å². The predicted molar refractivity (Wildman–Crippen MR) is 67.0 cm³/mol. The standard InChI is InChI=1S/C13H22N2O3/c1-13(2)12(17)15(7-6-11(16)14-13)9-4-5-10(8-9)18-3/h9-10H,4-8H2,1-3H3,(H,14,16). The van der Waals surface area contributed by atoms with Crippen LogP contribution in [-0.2, 0) is 14.3 Å². The smallest absolute Gasteiger partial charge is 0.248 e.